The highest BCUT2D eigenvalue weighted by Crippen LogP contribution is 2.21. The van der Waals surface area contributed by atoms with Crippen LogP contribution in [0.3, 0.4) is 0 Å². The number of anilines is 1. The van der Waals surface area contributed by atoms with Crippen LogP contribution in [0.1, 0.15) is 19.3 Å². The summed E-state index contributed by atoms with van der Waals surface area (Å²) in [5.74, 6) is 0.150. The first kappa shape index (κ1) is 12.5. The molecule has 1 amide bonds. The van der Waals surface area contributed by atoms with Gasteiger partial charge in [-0.3, -0.25) is 14.4 Å². The lowest BCUT2D eigenvalue weighted by Gasteiger charge is -2.25. The number of rotatable bonds is 2. The van der Waals surface area contributed by atoms with Gasteiger partial charge in [-0.15, -0.1) is 0 Å². The molecule has 1 atom stereocenters. The second-order valence-electron chi connectivity index (χ2n) is 5.50. The van der Waals surface area contributed by atoms with Crippen molar-refractivity contribution < 1.29 is 4.79 Å². The molecule has 104 valence electrons. The molecule has 1 aromatic rings. The van der Waals surface area contributed by atoms with Gasteiger partial charge in [-0.1, -0.05) is 0 Å². The number of nitrogens with zero attached hydrogens (tertiary/aromatic N) is 4. The standard InChI is InChI=1S/C13H21N5O/c14-11-7-15-18(8-11)10-13(19)17-6-2-5-16-4-1-3-12(16)9-17/h7-8,12H,1-6,9-10,14H2. The van der Waals surface area contributed by atoms with Gasteiger partial charge in [0.15, 0.2) is 0 Å². The average Bonchev–Trinajstić information content (AvgIpc) is 2.93. The second kappa shape index (κ2) is 5.21. The highest BCUT2D eigenvalue weighted by Gasteiger charge is 2.30. The first-order valence-electron chi connectivity index (χ1n) is 7.02. The molecule has 19 heavy (non-hydrogen) atoms. The van der Waals surface area contributed by atoms with E-state index in [0.717, 1.165) is 26.1 Å². The molecule has 6 nitrogen and oxygen atoms in total. The Bertz CT molecular complexity index is 458. The fourth-order valence-electron chi connectivity index (χ4n) is 3.14. The van der Waals surface area contributed by atoms with Crippen LogP contribution >= 0.6 is 0 Å². The van der Waals surface area contributed by atoms with Crippen molar-refractivity contribution in [1.82, 2.24) is 19.6 Å². The normalized spacial score (nSPS) is 24.2. The molecule has 0 aromatic carbocycles. The largest absolute Gasteiger partial charge is 0.396 e. The van der Waals surface area contributed by atoms with Gasteiger partial charge in [-0.2, -0.15) is 5.10 Å². The second-order valence-corrected chi connectivity index (χ2v) is 5.50. The molecule has 0 aliphatic carbocycles. The van der Waals surface area contributed by atoms with Crippen molar-refractivity contribution in [2.45, 2.75) is 31.8 Å². The summed E-state index contributed by atoms with van der Waals surface area (Å²) in [5.41, 5.74) is 6.22. The number of fused-ring (bicyclic) bond motifs is 1. The lowest BCUT2D eigenvalue weighted by atomic mass is 10.2. The molecule has 3 rings (SSSR count). The molecular formula is C13H21N5O. The van der Waals surface area contributed by atoms with Gasteiger partial charge in [0.25, 0.3) is 0 Å². The van der Waals surface area contributed by atoms with Crippen LogP contribution in [0.25, 0.3) is 0 Å². The van der Waals surface area contributed by atoms with Crippen LogP contribution in [-0.2, 0) is 11.3 Å². The summed E-state index contributed by atoms with van der Waals surface area (Å²) in [5, 5.41) is 4.07. The van der Waals surface area contributed by atoms with Crippen LogP contribution < -0.4 is 5.73 Å². The Morgan fingerprint density at radius 1 is 1.37 bits per heavy atom. The van der Waals surface area contributed by atoms with E-state index in [0.29, 0.717) is 18.3 Å². The monoisotopic (exact) mass is 263 g/mol. The summed E-state index contributed by atoms with van der Waals surface area (Å²) in [6, 6.07) is 0.564. The molecule has 6 heteroatoms. The van der Waals surface area contributed by atoms with E-state index < -0.39 is 0 Å². The zero-order chi connectivity index (χ0) is 13.2. The third kappa shape index (κ3) is 2.73. The van der Waals surface area contributed by atoms with Crippen molar-refractivity contribution >= 4 is 11.6 Å². The first-order chi connectivity index (χ1) is 9.22. The zero-order valence-electron chi connectivity index (χ0n) is 11.2. The minimum Gasteiger partial charge on any atom is -0.396 e. The van der Waals surface area contributed by atoms with Crippen LogP contribution in [0.15, 0.2) is 12.4 Å². The van der Waals surface area contributed by atoms with Crippen LogP contribution in [0.4, 0.5) is 5.69 Å². The molecule has 2 fully saturated rings. The molecule has 0 spiro atoms. The Morgan fingerprint density at radius 3 is 3.00 bits per heavy atom. The lowest BCUT2D eigenvalue weighted by molar-refractivity contribution is -0.132. The Morgan fingerprint density at radius 2 is 2.21 bits per heavy atom. The minimum absolute atomic E-state index is 0.150. The fraction of sp³-hybridized carbons (Fsp3) is 0.692. The average molecular weight is 263 g/mol. The predicted molar refractivity (Wildman–Crippen MR) is 72.4 cm³/mol. The van der Waals surface area contributed by atoms with Gasteiger partial charge in [0, 0.05) is 31.9 Å². The topological polar surface area (TPSA) is 67.4 Å². The lowest BCUT2D eigenvalue weighted by Crippen LogP contribution is -2.41. The van der Waals surface area contributed by atoms with Gasteiger partial charge in [-0.25, -0.2) is 0 Å². The SMILES string of the molecule is Nc1cnn(CC(=O)N2CCCN3CCCC3C2)c1. The highest BCUT2D eigenvalue weighted by atomic mass is 16.2. The quantitative estimate of drug-likeness (QED) is 0.825. The van der Waals surface area contributed by atoms with Gasteiger partial charge < -0.3 is 10.6 Å². The zero-order valence-corrected chi connectivity index (χ0v) is 11.2. The van der Waals surface area contributed by atoms with Gasteiger partial charge in [-0.05, 0) is 25.8 Å². The molecular weight excluding hydrogens is 242 g/mol. The van der Waals surface area contributed by atoms with E-state index in [1.54, 1.807) is 17.1 Å². The van der Waals surface area contributed by atoms with E-state index in [1.165, 1.54) is 19.4 Å². The number of carbonyl (C=O) groups is 1. The number of hydrogen-bond donors (Lipinski definition) is 1. The highest BCUT2D eigenvalue weighted by molar-refractivity contribution is 5.76. The van der Waals surface area contributed by atoms with Crippen molar-refractivity contribution in [3.8, 4) is 0 Å². The number of carbonyl (C=O) groups excluding carboxylic acids is 1. The van der Waals surface area contributed by atoms with Crippen LogP contribution in [-0.4, -0.2) is 57.7 Å². The summed E-state index contributed by atoms with van der Waals surface area (Å²) in [4.78, 5) is 16.8. The molecule has 1 aromatic heterocycles. The third-order valence-corrected chi connectivity index (χ3v) is 4.11. The van der Waals surface area contributed by atoms with Crippen molar-refractivity contribution in [2.75, 3.05) is 31.9 Å². The molecule has 2 N–H and O–H groups in total. The maximum absolute atomic E-state index is 12.3. The number of nitrogens with two attached hydrogens (primary N) is 1. The molecule has 0 bridgehead atoms. The Balaban J connectivity index is 1.62. The van der Waals surface area contributed by atoms with Gasteiger partial charge >= 0.3 is 0 Å². The van der Waals surface area contributed by atoms with Crippen LogP contribution in [0.5, 0.6) is 0 Å². The van der Waals surface area contributed by atoms with Gasteiger partial charge in [0.05, 0.1) is 11.9 Å². The van der Waals surface area contributed by atoms with Crippen molar-refractivity contribution in [3.05, 3.63) is 12.4 Å². The smallest absolute Gasteiger partial charge is 0.244 e. The van der Waals surface area contributed by atoms with E-state index in [-0.39, 0.29) is 5.91 Å². The maximum Gasteiger partial charge on any atom is 0.244 e. The van der Waals surface area contributed by atoms with Gasteiger partial charge in [0.1, 0.15) is 6.54 Å². The molecule has 0 radical (unpaired) electrons. The number of aromatic nitrogens is 2. The van der Waals surface area contributed by atoms with E-state index >= 15 is 0 Å². The Labute approximate surface area is 113 Å². The predicted octanol–water partition coefficient (Wildman–Crippen LogP) is 0.162. The minimum atomic E-state index is 0.150. The summed E-state index contributed by atoms with van der Waals surface area (Å²) >= 11 is 0. The summed E-state index contributed by atoms with van der Waals surface area (Å²) in [7, 11) is 0. The molecule has 0 saturated carbocycles. The van der Waals surface area contributed by atoms with Crippen LogP contribution in [0.2, 0.25) is 0 Å². The van der Waals surface area contributed by atoms with Crippen molar-refractivity contribution in [1.29, 1.82) is 0 Å². The van der Waals surface area contributed by atoms with E-state index in [9.17, 15) is 4.79 Å². The number of nitrogen functional groups attached to an aromatic ring is 1. The Hall–Kier alpha value is -1.56. The van der Waals surface area contributed by atoms with E-state index in [2.05, 4.69) is 10.00 Å². The third-order valence-electron chi connectivity index (χ3n) is 4.11. The Kier molecular flexibility index (Phi) is 3.42. The number of hydrogen-bond acceptors (Lipinski definition) is 4. The number of amides is 1. The van der Waals surface area contributed by atoms with E-state index in [4.69, 9.17) is 5.73 Å². The van der Waals surface area contributed by atoms with Crippen molar-refractivity contribution in [2.24, 2.45) is 0 Å². The fourth-order valence-corrected chi connectivity index (χ4v) is 3.14. The van der Waals surface area contributed by atoms with Crippen LogP contribution in [0, 0.1) is 0 Å². The molecule has 2 aliphatic rings. The molecule has 2 saturated heterocycles. The summed E-state index contributed by atoms with van der Waals surface area (Å²) in [6.07, 6.45) is 6.84. The first-order valence-corrected chi connectivity index (χ1v) is 7.02. The summed E-state index contributed by atoms with van der Waals surface area (Å²) in [6.45, 7) is 4.35. The molecule has 3 heterocycles. The van der Waals surface area contributed by atoms with Gasteiger partial charge in [0.2, 0.25) is 5.91 Å². The maximum atomic E-state index is 12.3. The molecule has 2 aliphatic heterocycles. The summed E-state index contributed by atoms with van der Waals surface area (Å²) < 4.78 is 1.62. The van der Waals surface area contributed by atoms with E-state index in [1.807, 2.05) is 4.90 Å². The molecule has 1 unspecified atom stereocenters. The van der Waals surface area contributed by atoms with Crippen molar-refractivity contribution in [3.63, 3.8) is 0 Å².